The molecule has 216 valence electrons. The van der Waals surface area contributed by atoms with E-state index in [1.807, 2.05) is 18.2 Å². The molecule has 2 aliphatic heterocycles. The van der Waals surface area contributed by atoms with E-state index in [-0.39, 0.29) is 29.0 Å². The number of halogens is 3. The highest BCUT2D eigenvalue weighted by molar-refractivity contribution is 6.30. The predicted molar refractivity (Wildman–Crippen MR) is 154 cm³/mol. The van der Waals surface area contributed by atoms with E-state index < -0.39 is 11.8 Å². The van der Waals surface area contributed by atoms with Gasteiger partial charge in [0.15, 0.2) is 5.82 Å². The molecule has 7 rings (SSSR count). The van der Waals surface area contributed by atoms with Gasteiger partial charge in [0.2, 0.25) is 0 Å². The van der Waals surface area contributed by atoms with Gasteiger partial charge in [0.25, 0.3) is 0 Å². The van der Waals surface area contributed by atoms with Crippen molar-refractivity contribution in [3.8, 4) is 0 Å². The van der Waals surface area contributed by atoms with Gasteiger partial charge < -0.3 is 19.0 Å². The molecule has 0 aliphatic carbocycles. The molecule has 0 saturated carbocycles. The number of carbonyl (C=O) groups is 1. The molecule has 0 radical (unpaired) electrons. The van der Waals surface area contributed by atoms with Crippen molar-refractivity contribution in [1.29, 1.82) is 0 Å². The number of carboxylic acid groups (broad SMARTS) is 1. The van der Waals surface area contributed by atoms with E-state index in [0.29, 0.717) is 61.1 Å². The summed E-state index contributed by atoms with van der Waals surface area (Å²) >= 11 is 5.95. The van der Waals surface area contributed by atoms with Gasteiger partial charge in [0.1, 0.15) is 23.0 Å². The molecule has 1 fully saturated rings. The van der Waals surface area contributed by atoms with Crippen LogP contribution in [-0.4, -0.2) is 54.3 Å². The van der Waals surface area contributed by atoms with Crippen molar-refractivity contribution in [2.45, 2.75) is 51.5 Å². The van der Waals surface area contributed by atoms with Crippen LogP contribution >= 0.6 is 11.6 Å². The highest BCUT2D eigenvalue weighted by Crippen LogP contribution is 2.33. The van der Waals surface area contributed by atoms with Crippen LogP contribution in [-0.2, 0) is 30.8 Å². The standard InChI is InChI=1S/C31H28ClF2N5O3/c1-17-30-36-28-19(13-18-5-6-20(32)14-23(18)33)3-2-4-25(28)38(30)11-10-37(17)16-26-35-24-8-7-22(31(40)41)27(34)29(24)39(26)15-21-9-12-42-21/h2-8,14,17,21H,9-13,15-16H2,1H3,(H,40,41)/t17-,21+/m1/s1. The molecular formula is C31H28ClF2N5O3. The maximum absolute atomic E-state index is 15.4. The molecule has 42 heavy (non-hydrogen) atoms. The van der Waals surface area contributed by atoms with Crippen molar-refractivity contribution >= 4 is 39.6 Å². The Morgan fingerprint density at radius 2 is 1.95 bits per heavy atom. The zero-order chi connectivity index (χ0) is 29.1. The van der Waals surface area contributed by atoms with Gasteiger partial charge in [-0.2, -0.15) is 0 Å². The second-order valence-electron chi connectivity index (χ2n) is 11.0. The van der Waals surface area contributed by atoms with Crippen LogP contribution in [0.1, 0.15) is 52.5 Å². The molecule has 11 heteroatoms. The summed E-state index contributed by atoms with van der Waals surface area (Å²) in [6, 6.07) is 13.5. The van der Waals surface area contributed by atoms with Gasteiger partial charge >= 0.3 is 5.97 Å². The Morgan fingerprint density at radius 1 is 1.12 bits per heavy atom. The van der Waals surface area contributed by atoms with Crippen molar-refractivity contribution in [3.63, 3.8) is 0 Å². The smallest absolute Gasteiger partial charge is 0.338 e. The second-order valence-corrected chi connectivity index (χ2v) is 11.4. The first-order chi connectivity index (χ1) is 20.3. The number of nitrogens with zero attached hydrogens (tertiary/aromatic N) is 5. The Bertz CT molecular complexity index is 1870. The van der Waals surface area contributed by atoms with E-state index in [4.69, 9.17) is 26.3 Å². The van der Waals surface area contributed by atoms with E-state index >= 15 is 4.39 Å². The van der Waals surface area contributed by atoms with Crippen LogP contribution in [0.3, 0.4) is 0 Å². The highest BCUT2D eigenvalue weighted by Gasteiger charge is 2.31. The quantitative estimate of drug-likeness (QED) is 0.251. The summed E-state index contributed by atoms with van der Waals surface area (Å²) in [4.78, 5) is 23.7. The average molecular weight is 592 g/mol. The summed E-state index contributed by atoms with van der Waals surface area (Å²) in [6.07, 6.45) is 1.18. The maximum atomic E-state index is 15.4. The van der Waals surface area contributed by atoms with Gasteiger partial charge in [-0.15, -0.1) is 0 Å². The van der Waals surface area contributed by atoms with Crippen molar-refractivity contribution in [1.82, 2.24) is 24.0 Å². The molecule has 1 saturated heterocycles. The van der Waals surface area contributed by atoms with Crippen molar-refractivity contribution in [3.05, 3.63) is 93.5 Å². The van der Waals surface area contributed by atoms with E-state index in [0.717, 1.165) is 28.8 Å². The molecule has 0 bridgehead atoms. The fourth-order valence-corrected chi connectivity index (χ4v) is 6.28. The SMILES string of the molecule is C[C@@H]1c2nc3c(Cc4ccc(Cl)cc4F)cccc3n2CCN1Cc1nc2ccc(C(=O)O)c(F)c2n1C[C@@H]1CCO1. The Kier molecular flexibility index (Phi) is 6.72. The number of ether oxygens (including phenoxy) is 1. The lowest BCUT2D eigenvalue weighted by atomic mass is 10.0. The molecule has 8 nitrogen and oxygen atoms in total. The lowest BCUT2D eigenvalue weighted by Crippen LogP contribution is -2.38. The summed E-state index contributed by atoms with van der Waals surface area (Å²) in [5.41, 5.74) is 3.56. The molecule has 2 aliphatic rings. The fraction of sp³-hybridized carbons (Fsp3) is 0.323. The first kappa shape index (κ1) is 27.0. The van der Waals surface area contributed by atoms with Gasteiger partial charge in [0.05, 0.1) is 47.3 Å². The normalized spacial score (nSPS) is 18.9. The summed E-state index contributed by atoms with van der Waals surface area (Å²) in [7, 11) is 0. The van der Waals surface area contributed by atoms with Crippen LogP contribution in [0.25, 0.3) is 22.1 Å². The third-order valence-electron chi connectivity index (χ3n) is 8.50. The van der Waals surface area contributed by atoms with Gasteiger partial charge in [-0.05, 0) is 54.8 Å². The number of rotatable bonds is 7. The van der Waals surface area contributed by atoms with E-state index in [1.54, 1.807) is 22.8 Å². The number of carboxylic acids is 1. The van der Waals surface area contributed by atoms with Gasteiger partial charge in [-0.25, -0.2) is 23.5 Å². The zero-order valence-corrected chi connectivity index (χ0v) is 23.6. The number of hydrogen-bond donors (Lipinski definition) is 1. The minimum Gasteiger partial charge on any atom is -0.478 e. The number of benzene rings is 3. The second kappa shape index (κ2) is 10.4. The molecule has 2 atom stereocenters. The summed E-state index contributed by atoms with van der Waals surface area (Å²) < 4.78 is 39.7. The van der Waals surface area contributed by atoms with Crippen LogP contribution in [0.5, 0.6) is 0 Å². The fourth-order valence-electron chi connectivity index (χ4n) is 6.12. The van der Waals surface area contributed by atoms with Crippen molar-refractivity contribution in [2.24, 2.45) is 0 Å². The molecule has 3 aromatic carbocycles. The first-order valence-corrected chi connectivity index (χ1v) is 14.3. The summed E-state index contributed by atoms with van der Waals surface area (Å²) in [6.45, 7) is 4.97. The molecule has 2 aromatic heterocycles. The Morgan fingerprint density at radius 3 is 2.69 bits per heavy atom. The van der Waals surface area contributed by atoms with Crippen LogP contribution in [0.15, 0.2) is 48.5 Å². The minimum absolute atomic E-state index is 0.0686. The zero-order valence-electron chi connectivity index (χ0n) is 22.9. The molecule has 0 unspecified atom stereocenters. The predicted octanol–water partition coefficient (Wildman–Crippen LogP) is 5.97. The third kappa shape index (κ3) is 4.54. The highest BCUT2D eigenvalue weighted by atomic mass is 35.5. The molecule has 1 N–H and O–H groups in total. The van der Waals surface area contributed by atoms with Crippen LogP contribution in [0, 0.1) is 11.6 Å². The van der Waals surface area contributed by atoms with Gasteiger partial charge in [0, 0.05) is 31.1 Å². The van der Waals surface area contributed by atoms with E-state index in [1.165, 1.54) is 12.1 Å². The average Bonchev–Trinajstić information content (AvgIpc) is 3.49. The van der Waals surface area contributed by atoms with Crippen molar-refractivity contribution in [2.75, 3.05) is 13.2 Å². The number of aromatic nitrogens is 4. The third-order valence-corrected chi connectivity index (χ3v) is 8.74. The van der Waals surface area contributed by atoms with Crippen LogP contribution in [0.2, 0.25) is 5.02 Å². The summed E-state index contributed by atoms with van der Waals surface area (Å²) in [5.74, 6) is -0.895. The van der Waals surface area contributed by atoms with Crippen molar-refractivity contribution < 1.29 is 23.4 Å². The number of fused-ring (bicyclic) bond motifs is 4. The van der Waals surface area contributed by atoms with Gasteiger partial charge in [-0.1, -0.05) is 29.8 Å². The maximum Gasteiger partial charge on any atom is 0.338 e. The van der Waals surface area contributed by atoms with Crippen LogP contribution in [0.4, 0.5) is 8.78 Å². The number of hydrogen-bond acceptors (Lipinski definition) is 5. The Hall–Kier alpha value is -3.86. The Balaban J connectivity index is 1.22. The van der Waals surface area contributed by atoms with Crippen LogP contribution < -0.4 is 0 Å². The minimum atomic E-state index is -1.31. The monoisotopic (exact) mass is 591 g/mol. The molecule has 0 amide bonds. The lowest BCUT2D eigenvalue weighted by Gasteiger charge is -2.34. The van der Waals surface area contributed by atoms with Gasteiger partial charge in [-0.3, -0.25) is 4.90 Å². The van der Waals surface area contributed by atoms with E-state index in [9.17, 15) is 14.3 Å². The van der Waals surface area contributed by atoms with E-state index in [2.05, 4.69) is 16.4 Å². The molecule has 0 spiro atoms. The summed E-state index contributed by atoms with van der Waals surface area (Å²) in [5, 5.41) is 9.86. The topological polar surface area (TPSA) is 85.4 Å². The lowest BCUT2D eigenvalue weighted by molar-refractivity contribution is -0.0593. The Labute approximate surface area is 245 Å². The number of aromatic carboxylic acids is 1. The number of para-hydroxylation sites is 1. The number of imidazole rings is 2. The largest absolute Gasteiger partial charge is 0.478 e. The first-order valence-electron chi connectivity index (χ1n) is 14.0. The molecular weight excluding hydrogens is 564 g/mol. The molecule has 4 heterocycles. The molecule has 5 aromatic rings.